The van der Waals surface area contributed by atoms with Gasteiger partial charge in [0, 0.05) is 13.1 Å². The molecule has 0 bridgehead atoms. The molecule has 1 aliphatic heterocycles. The molecule has 0 spiro atoms. The SMILES string of the molecule is CCC(C)(C(=O)N1CC(C)C(C)C1)C(N)=NO. The van der Waals surface area contributed by atoms with Crippen molar-refractivity contribution < 1.29 is 10.0 Å². The normalized spacial score (nSPS) is 29.2. The maximum absolute atomic E-state index is 12.4. The van der Waals surface area contributed by atoms with Crippen LogP contribution in [0.5, 0.6) is 0 Å². The highest BCUT2D eigenvalue weighted by atomic mass is 16.4. The fourth-order valence-corrected chi connectivity index (χ4v) is 2.20. The number of nitrogens with two attached hydrogens (primary N) is 1. The minimum atomic E-state index is -0.890. The van der Waals surface area contributed by atoms with Crippen molar-refractivity contribution in [2.45, 2.75) is 34.1 Å². The molecule has 0 aromatic carbocycles. The molecule has 0 aromatic rings. The lowest BCUT2D eigenvalue weighted by molar-refractivity contribution is -0.137. The van der Waals surface area contributed by atoms with Crippen molar-refractivity contribution in [3.05, 3.63) is 0 Å². The average molecular weight is 241 g/mol. The zero-order valence-corrected chi connectivity index (χ0v) is 11.1. The minimum Gasteiger partial charge on any atom is -0.409 e. The Morgan fingerprint density at radius 3 is 2.29 bits per heavy atom. The molecule has 3 unspecified atom stereocenters. The van der Waals surface area contributed by atoms with Crippen molar-refractivity contribution in [1.82, 2.24) is 4.90 Å². The lowest BCUT2D eigenvalue weighted by Gasteiger charge is -2.30. The highest BCUT2D eigenvalue weighted by molar-refractivity contribution is 6.06. The van der Waals surface area contributed by atoms with E-state index in [9.17, 15) is 4.79 Å². The summed E-state index contributed by atoms with van der Waals surface area (Å²) in [7, 11) is 0. The van der Waals surface area contributed by atoms with Crippen molar-refractivity contribution in [3.63, 3.8) is 0 Å². The van der Waals surface area contributed by atoms with Gasteiger partial charge in [-0.2, -0.15) is 0 Å². The van der Waals surface area contributed by atoms with Gasteiger partial charge in [0.05, 0.1) is 0 Å². The summed E-state index contributed by atoms with van der Waals surface area (Å²) in [6.07, 6.45) is 0.529. The first-order valence-electron chi connectivity index (χ1n) is 6.14. The van der Waals surface area contributed by atoms with Gasteiger partial charge in [0.1, 0.15) is 5.41 Å². The van der Waals surface area contributed by atoms with Crippen LogP contribution >= 0.6 is 0 Å². The molecule has 98 valence electrons. The predicted octanol–water partition coefficient (Wildman–Crippen LogP) is 1.26. The summed E-state index contributed by atoms with van der Waals surface area (Å²) < 4.78 is 0. The number of hydrogen-bond acceptors (Lipinski definition) is 3. The number of nitrogens with zero attached hydrogens (tertiary/aromatic N) is 2. The maximum Gasteiger partial charge on any atom is 0.236 e. The highest BCUT2D eigenvalue weighted by Gasteiger charge is 2.42. The monoisotopic (exact) mass is 241 g/mol. The molecular formula is C12H23N3O2. The number of carbonyl (C=O) groups excluding carboxylic acids is 1. The summed E-state index contributed by atoms with van der Waals surface area (Å²) in [5.74, 6) is 0.975. The average Bonchev–Trinajstić information content (AvgIpc) is 2.66. The third-order valence-corrected chi connectivity index (χ3v) is 4.13. The van der Waals surface area contributed by atoms with Crippen LogP contribution in [0.4, 0.5) is 0 Å². The molecule has 3 N–H and O–H groups in total. The second-order valence-corrected chi connectivity index (χ2v) is 5.34. The molecule has 5 heteroatoms. The second kappa shape index (κ2) is 4.94. The van der Waals surface area contributed by atoms with Crippen molar-refractivity contribution >= 4 is 11.7 Å². The number of amidine groups is 1. The number of carbonyl (C=O) groups is 1. The Morgan fingerprint density at radius 1 is 1.47 bits per heavy atom. The van der Waals surface area contributed by atoms with Crippen LogP contribution in [-0.2, 0) is 4.79 Å². The van der Waals surface area contributed by atoms with E-state index in [2.05, 4.69) is 19.0 Å². The number of amides is 1. The second-order valence-electron chi connectivity index (χ2n) is 5.34. The van der Waals surface area contributed by atoms with Gasteiger partial charge in [-0.25, -0.2) is 0 Å². The lowest BCUT2D eigenvalue weighted by atomic mass is 9.84. The molecule has 1 saturated heterocycles. The van der Waals surface area contributed by atoms with Crippen molar-refractivity contribution in [1.29, 1.82) is 0 Å². The molecule has 0 aromatic heterocycles. The van der Waals surface area contributed by atoms with Gasteiger partial charge in [0.2, 0.25) is 5.91 Å². The maximum atomic E-state index is 12.4. The largest absolute Gasteiger partial charge is 0.409 e. The highest BCUT2D eigenvalue weighted by Crippen LogP contribution is 2.30. The Balaban J connectivity index is 2.88. The number of rotatable bonds is 3. The van der Waals surface area contributed by atoms with E-state index in [-0.39, 0.29) is 11.7 Å². The molecule has 1 amide bonds. The Bertz CT molecular complexity index is 320. The Kier molecular flexibility index (Phi) is 4.01. The van der Waals surface area contributed by atoms with Gasteiger partial charge in [-0.3, -0.25) is 4.79 Å². The molecule has 3 atom stereocenters. The molecule has 17 heavy (non-hydrogen) atoms. The summed E-state index contributed by atoms with van der Waals surface area (Å²) in [6, 6.07) is 0. The molecule has 1 fully saturated rings. The van der Waals surface area contributed by atoms with E-state index in [1.54, 1.807) is 6.92 Å². The molecule has 1 heterocycles. The first kappa shape index (κ1) is 13.8. The first-order chi connectivity index (χ1) is 7.86. The molecule has 0 saturated carbocycles. The Hall–Kier alpha value is -1.26. The minimum absolute atomic E-state index is 0.00259. The number of oxime groups is 1. The van der Waals surface area contributed by atoms with Gasteiger partial charge in [0.25, 0.3) is 0 Å². The summed E-state index contributed by atoms with van der Waals surface area (Å²) in [6.45, 7) is 9.41. The van der Waals surface area contributed by atoms with Crippen LogP contribution in [0.3, 0.4) is 0 Å². The molecule has 0 radical (unpaired) electrons. The topological polar surface area (TPSA) is 78.9 Å². The van der Waals surface area contributed by atoms with E-state index in [0.29, 0.717) is 18.3 Å². The summed E-state index contributed by atoms with van der Waals surface area (Å²) in [4.78, 5) is 14.3. The van der Waals surface area contributed by atoms with Crippen LogP contribution in [0.25, 0.3) is 0 Å². The van der Waals surface area contributed by atoms with E-state index < -0.39 is 5.41 Å². The summed E-state index contributed by atoms with van der Waals surface area (Å²) in [5.41, 5.74) is 4.76. The molecular weight excluding hydrogens is 218 g/mol. The fourth-order valence-electron chi connectivity index (χ4n) is 2.20. The zero-order chi connectivity index (χ0) is 13.2. The van der Waals surface area contributed by atoms with Crippen molar-refractivity contribution in [3.8, 4) is 0 Å². The van der Waals surface area contributed by atoms with Gasteiger partial charge >= 0.3 is 0 Å². The quantitative estimate of drug-likeness (QED) is 0.338. The zero-order valence-electron chi connectivity index (χ0n) is 11.1. The van der Waals surface area contributed by atoms with Gasteiger partial charge < -0.3 is 15.8 Å². The van der Waals surface area contributed by atoms with Crippen molar-refractivity contribution in [2.75, 3.05) is 13.1 Å². The third-order valence-electron chi connectivity index (χ3n) is 4.13. The van der Waals surface area contributed by atoms with Gasteiger partial charge in [0.15, 0.2) is 5.84 Å². The van der Waals surface area contributed by atoms with Crippen LogP contribution < -0.4 is 5.73 Å². The Morgan fingerprint density at radius 2 is 1.94 bits per heavy atom. The number of likely N-dealkylation sites (tertiary alicyclic amines) is 1. The molecule has 5 nitrogen and oxygen atoms in total. The Labute approximate surface area is 103 Å². The lowest BCUT2D eigenvalue weighted by Crippen LogP contribution is -2.48. The van der Waals surface area contributed by atoms with Crippen molar-refractivity contribution in [2.24, 2.45) is 28.1 Å². The molecule has 0 aliphatic carbocycles. The van der Waals surface area contributed by atoms with Gasteiger partial charge in [-0.05, 0) is 25.2 Å². The third kappa shape index (κ3) is 2.37. The summed E-state index contributed by atoms with van der Waals surface area (Å²) >= 11 is 0. The van der Waals surface area contributed by atoms with E-state index in [1.165, 1.54) is 0 Å². The van der Waals surface area contributed by atoms with Crippen LogP contribution in [0, 0.1) is 17.3 Å². The van der Waals surface area contributed by atoms with Crippen LogP contribution in [-0.4, -0.2) is 34.9 Å². The van der Waals surface area contributed by atoms with Gasteiger partial charge in [-0.15, -0.1) is 0 Å². The number of hydrogen-bond donors (Lipinski definition) is 2. The van der Waals surface area contributed by atoms with Crippen LogP contribution in [0.15, 0.2) is 5.16 Å². The molecule has 1 aliphatic rings. The van der Waals surface area contributed by atoms with Crippen LogP contribution in [0.1, 0.15) is 34.1 Å². The van der Waals surface area contributed by atoms with E-state index in [0.717, 1.165) is 13.1 Å². The first-order valence-corrected chi connectivity index (χ1v) is 6.14. The summed E-state index contributed by atoms with van der Waals surface area (Å²) in [5, 5.41) is 11.8. The predicted molar refractivity (Wildman–Crippen MR) is 66.7 cm³/mol. The van der Waals surface area contributed by atoms with E-state index in [4.69, 9.17) is 10.9 Å². The smallest absolute Gasteiger partial charge is 0.236 e. The van der Waals surface area contributed by atoms with Gasteiger partial charge in [-0.1, -0.05) is 25.9 Å². The fraction of sp³-hybridized carbons (Fsp3) is 0.833. The van der Waals surface area contributed by atoms with E-state index >= 15 is 0 Å². The van der Waals surface area contributed by atoms with E-state index in [1.807, 2.05) is 11.8 Å². The van der Waals surface area contributed by atoms with Crippen LogP contribution in [0.2, 0.25) is 0 Å². The molecule has 1 rings (SSSR count). The standard InChI is InChI=1S/C12H23N3O2/c1-5-12(4,10(13)14-17)11(16)15-6-8(2)9(3)7-15/h8-9,17H,5-7H2,1-4H3,(H2,13,14).